The van der Waals surface area contributed by atoms with Gasteiger partial charge in [-0.1, -0.05) is 0 Å². The lowest BCUT2D eigenvalue weighted by atomic mass is 9.80. The summed E-state index contributed by atoms with van der Waals surface area (Å²) in [5.74, 6) is -1.17. The number of halogens is 1. The molecule has 0 saturated carbocycles. The van der Waals surface area contributed by atoms with Gasteiger partial charge in [-0.15, -0.1) is 0 Å². The second-order valence-corrected chi connectivity index (χ2v) is 5.74. The monoisotopic (exact) mass is 294 g/mol. The molecule has 0 radical (unpaired) electrons. The molecule has 114 valence electrons. The van der Waals surface area contributed by atoms with E-state index in [0.29, 0.717) is 37.2 Å². The van der Waals surface area contributed by atoms with Crippen LogP contribution in [0.5, 0.6) is 0 Å². The molecular formula is C15H19FN2O3. The third kappa shape index (κ3) is 3.32. The lowest BCUT2D eigenvalue weighted by Crippen LogP contribution is -2.46. The van der Waals surface area contributed by atoms with Gasteiger partial charge in [0.15, 0.2) is 0 Å². The number of aryl methyl sites for hydroxylation is 1. The van der Waals surface area contributed by atoms with E-state index in [-0.39, 0.29) is 11.8 Å². The van der Waals surface area contributed by atoms with Gasteiger partial charge in [-0.2, -0.15) is 0 Å². The number of carboxylic acids is 1. The lowest BCUT2D eigenvalue weighted by Gasteiger charge is -2.36. The summed E-state index contributed by atoms with van der Waals surface area (Å²) >= 11 is 0. The highest BCUT2D eigenvalue weighted by Gasteiger charge is 2.38. The number of carbonyl (C=O) groups is 2. The van der Waals surface area contributed by atoms with Crippen molar-refractivity contribution in [2.24, 2.45) is 5.41 Å². The summed E-state index contributed by atoms with van der Waals surface area (Å²) in [7, 11) is 0. The zero-order valence-corrected chi connectivity index (χ0v) is 12.1. The molecule has 1 saturated heterocycles. The molecule has 0 aromatic heterocycles. The lowest BCUT2D eigenvalue weighted by molar-refractivity contribution is -0.150. The van der Waals surface area contributed by atoms with Crippen molar-refractivity contribution in [2.45, 2.75) is 26.7 Å². The van der Waals surface area contributed by atoms with Crippen LogP contribution >= 0.6 is 0 Å². The molecule has 0 unspecified atom stereocenters. The maximum atomic E-state index is 13.0. The van der Waals surface area contributed by atoms with Crippen molar-refractivity contribution in [3.05, 3.63) is 29.6 Å². The van der Waals surface area contributed by atoms with Gasteiger partial charge in [-0.05, 0) is 50.5 Å². The first-order valence-corrected chi connectivity index (χ1v) is 6.87. The Bertz CT molecular complexity index is 566. The van der Waals surface area contributed by atoms with E-state index in [2.05, 4.69) is 5.32 Å². The SMILES string of the molecule is Cc1cc(F)ccc1NC(=O)N1CCC(C)(C(=O)O)CC1. The Kier molecular flexibility index (Phi) is 4.16. The molecular weight excluding hydrogens is 275 g/mol. The van der Waals surface area contributed by atoms with E-state index in [1.165, 1.54) is 18.2 Å². The number of rotatable bonds is 2. The van der Waals surface area contributed by atoms with Crippen LogP contribution in [0.4, 0.5) is 14.9 Å². The summed E-state index contributed by atoms with van der Waals surface area (Å²) in [5, 5.41) is 11.9. The molecule has 21 heavy (non-hydrogen) atoms. The molecule has 6 heteroatoms. The molecule has 0 spiro atoms. The van der Waals surface area contributed by atoms with Gasteiger partial charge in [0, 0.05) is 18.8 Å². The Hall–Kier alpha value is -2.11. The highest BCUT2D eigenvalue weighted by molar-refractivity contribution is 5.90. The van der Waals surface area contributed by atoms with Crippen LogP contribution in [0.1, 0.15) is 25.3 Å². The van der Waals surface area contributed by atoms with Crippen LogP contribution in [0.2, 0.25) is 0 Å². The van der Waals surface area contributed by atoms with Gasteiger partial charge in [0.05, 0.1) is 5.41 Å². The van der Waals surface area contributed by atoms with E-state index >= 15 is 0 Å². The van der Waals surface area contributed by atoms with Gasteiger partial charge < -0.3 is 15.3 Å². The minimum Gasteiger partial charge on any atom is -0.481 e. The van der Waals surface area contributed by atoms with E-state index in [1.807, 2.05) is 0 Å². The number of carbonyl (C=O) groups excluding carboxylic acids is 1. The summed E-state index contributed by atoms with van der Waals surface area (Å²) in [6, 6.07) is 3.89. The number of aliphatic carboxylic acids is 1. The highest BCUT2D eigenvalue weighted by Crippen LogP contribution is 2.31. The first-order chi connectivity index (χ1) is 9.82. The maximum absolute atomic E-state index is 13.0. The Labute approximate surface area is 122 Å². The Balaban J connectivity index is 1.98. The molecule has 1 heterocycles. The smallest absolute Gasteiger partial charge is 0.321 e. The molecule has 1 fully saturated rings. The molecule has 2 rings (SSSR count). The van der Waals surface area contributed by atoms with E-state index in [4.69, 9.17) is 5.11 Å². The van der Waals surface area contributed by atoms with Crippen LogP contribution in [0.25, 0.3) is 0 Å². The summed E-state index contributed by atoms with van der Waals surface area (Å²) in [5.41, 5.74) is 0.450. The van der Waals surface area contributed by atoms with Crippen molar-refractivity contribution in [3.8, 4) is 0 Å². The number of anilines is 1. The number of hydrogen-bond donors (Lipinski definition) is 2. The van der Waals surface area contributed by atoms with Gasteiger partial charge in [0.25, 0.3) is 0 Å². The Morgan fingerprint density at radius 1 is 1.33 bits per heavy atom. The van der Waals surface area contributed by atoms with Gasteiger partial charge in [-0.25, -0.2) is 9.18 Å². The van der Waals surface area contributed by atoms with E-state index in [0.717, 1.165) is 0 Å². The van der Waals surface area contributed by atoms with Gasteiger partial charge in [0.1, 0.15) is 5.82 Å². The quantitative estimate of drug-likeness (QED) is 0.881. The fraction of sp³-hybridized carbons (Fsp3) is 0.467. The number of urea groups is 1. The number of likely N-dealkylation sites (tertiary alicyclic amines) is 1. The zero-order chi connectivity index (χ0) is 15.6. The van der Waals surface area contributed by atoms with Crippen LogP contribution in [-0.4, -0.2) is 35.1 Å². The van der Waals surface area contributed by atoms with Crippen molar-refractivity contribution in [1.29, 1.82) is 0 Å². The van der Waals surface area contributed by atoms with Crippen molar-refractivity contribution in [1.82, 2.24) is 4.90 Å². The van der Waals surface area contributed by atoms with Crippen LogP contribution in [0.15, 0.2) is 18.2 Å². The predicted octanol–water partition coefficient (Wildman–Crippen LogP) is 2.85. The molecule has 2 amide bonds. The standard InChI is InChI=1S/C15H19FN2O3/c1-10-9-11(16)3-4-12(10)17-14(21)18-7-5-15(2,6-8-18)13(19)20/h3-4,9H,5-8H2,1-2H3,(H,17,21)(H,19,20). The van der Waals surface area contributed by atoms with E-state index < -0.39 is 11.4 Å². The topological polar surface area (TPSA) is 69.6 Å². The second kappa shape index (κ2) is 5.71. The third-order valence-electron chi connectivity index (χ3n) is 4.10. The van der Waals surface area contributed by atoms with Crippen LogP contribution in [0.3, 0.4) is 0 Å². The van der Waals surface area contributed by atoms with Crippen molar-refractivity contribution >= 4 is 17.7 Å². The van der Waals surface area contributed by atoms with Gasteiger partial charge in [-0.3, -0.25) is 4.79 Å². The van der Waals surface area contributed by atoms with Crippen molar-refractivity contribution in [2.75, 3.05) is 18.4 Å². The summed E-state index contributed by atoms with van der Waals surface area (Å²) in [6.07, 6.45) is 0.857. The van der Waals surface area contributed by atoms with E-state index in [1.54, 1.807) is 18.7 Å². The molecule has 1 aliphatic heterocycles. The Morgan fingerprint density at radius 3 is 2.48 bits per heavy atom. The van der Waals surface area contributed by atoms with Crippen LogP contribution < -0.4 is 5.32 Å². The molecule has 1 aromatic carbocycles. The first-order valence-electron chi connectivity index (χ1n) is 6.87. The number of hydrogen-bond acceptors (Lipinski definition) is 2. The van der Waals surface area contributed by atoms with Crippen molar-refractivity contribution < 1.29 is 19.1 Å². The third-order valence-corrected chi connectivity index (χ3v) is 4.10. The number of amides is 2. The van der Waals surface area contributed by atoms with E-state index in [9.17, 15) is 14.0 Å². The number of carboxylic acid groups (broad SMARTS) is 1. The van der Waals surface area contributed by atoms with Crippen LogP contribution in [-0.2, 0) is 4.79 Å². The number of benzene rings is 1. The fourth-order valence-electron chi connectivity index (χ4n) is 2.38. The molecule has 0 atom stereocenters. The number of nitrogens with one attached hydrogen (secondary N) is 1. The molecule has 2 N–H and O–H groups in total. The normalized spacial score (nSPS) is 17.4. The summed E-state index contributed by atoms with van der Waals surface area (Å²) < 4.78 is 13.0. The average Bonchev–Trinajstić information content (AvgIpc) is 2.42. The maximum Gasteiger partial charge on any atom is 0.321 e. The highest BCUT2D eigenvalue weighted by atomic mass is 19.1. The minimum atomic E-state index is -0.822. The molecule has 5 nitrogen and oxygen atoms in total. The van der Waals surface area contributed by atoms with Gasteiger partial charge >= 0.3 is 12.0 Å². The minimum absolute atomic E-state index is 0.280. The Morgan fingerprint density at radius 2 is 1.95 bits per heavy atom. The zero-order valence-electron chi connectivity index (χ0n) is 12.1. The molecule has 0 bridgehead atoms. The van der Waals surface area contributed by atoms with Gasteiger partial charge in [0.2, 0.25) is 0 Å². The van der Waals surface area contributed by atoms with Crippen molar-refractivity contribution in [3.63, 3.8) is 0 Å². The average molecular weight is 294 g/mol. The first kappa shape index (κ1) is 15.3. The number of nitrogens with zero attached hydrogens (tertiary/aromatic N) is 1. The molecule has 0 aliphatic carbocycles. The second-order valence-electron chi connectivity index (χ2n) is 5.74. The summed E-state index contributed by atoms with van der Waals surface area (Å²) in [4.78, 5) is 24.9. The molecule has 1 aromatic rings. The largest absolute Gasteiger partial charge is 0.481 e. The fourth-order valence-corrected chi connectivity index (χ4v) is 2.38. The summed E-state index contributed by atoms with van der Waals surface area (Å²) in [6.45, 7) is 4.22. The van der Waals surface area contributed by atoms with Crippen LogP contribution in [0, 0.1) is 18.2 Å². The predicted molar refractivity (Wildman–Crippen MR) is 76.7 cm³/mol. The number of piperidine rings is 1. The molecule has 1 aliphatic rings.